The number of carbonyl (C=O) groups is 1. The molecule has 10 heteroatoms. The molecule has 0 spiro atoms. The second-order valence-corrected chi connectivity index (χ2v) is 8.00. The molecule has 2 N–H and O–H groups in total. The third-order valence-corrected chi connectivity index (χ3v) is 6.17. The molecular formula is C11H12BrN3O4S2. The lowest BCUT2D eigenvalue weighted by atomic mass is 10.3. The summed E-state index contributed by atoms with van der Waals surface area (Å²) in [5.41, 5.74) is 0.812. The van der Waals surface area contributed by atoms with Crippen LogP contribution in [0.5, 0.6) is 0 Å². The molecule has 0 saturated carbocycles. The van der Waals surface area contributed by atoms with Crippen LogP contribution in [-0.4, -0.2) is 31.7 Å². The van der Waals surface area contributed by atoms with Crippen LogP contribution in [0.15, 0.2) is 20.8 Å². The molecule has 0 amide bonds. The quantitative estimate of drug-likeness (QED) is 0.759. The van der Waals surface area contributed by atoms with Crippen LogP contribution in [-0.2, 0) is 21.2 Å². The van der Waals surface area contributed by atoms with Gasteiger partial charge in [-0.25, -0.2) is 13.2 Å². The Morgan fingerprint density at radius 2 is 2.24 bits per heavy atom. The second kappa shape index (κ2) is 6.16. The Kier molecular flexibility index (Phi) is 4.69. The van der Waals surface area contributed by atoms with Crippen LogP contribution in [0.25, 0.3) is 0 Å². The number of hydrogen-bond donors (Lipinski definition) is 2. The van der Waals surface area contributed by atoms with E-state index in [2.05, 4.69) is 35.6 Å². The minimum Gasteiger partial charge on any atom is -0.465 e. The first-order valence-electron chi connectivity index (χ1n) is 5.82. The van der Waals surface area contributed by atoms with Crippen molar-refractivity contribution in [3.63, 3.8) is 0 Å². The van der Waals surface area contributed by atoms with Crippen molar-refractivity contribution in [2.75, 3.05) is 11.8 Å². The minimum atomic E-state index is -3.84. The zero-order chi connectivity index (χ0) is 15.6. The van der Waals surface area contributed by atoms with Gasteiger partial charge < -0.3 is 4.74 Å². The monoisotopic (exact) mass is 393 g/mol. The number of aryl methyl sites for hydroxylation is 1. The van der Waals surface area contributed by atoms with Crippen molar-refractivity contribution in [2.24, 2.45) is 0 Å². The number of aromatic nitrogens is 2. The Bertz CT molecular complexity index is 766. The number of esters is 1. The summed E-state index contributed by atoms with van der Waals surface area (Å²) in [4.78, 5) is 11.6. The van der Waals surface area contributed by atoms with Gasteiger partial charge in [-0.15, -0.1) is 11.3 Å². The Labute approximate surface area is 133 Å². The van der Waals surface area contributed by atoms with Crippen molar-refractivity contribution < 1.29 is 17.9 Å². The summed E-state index contributed by atoms with van der Waals surface area (Å²) in [5, 5.41) is 6.58. The molecule has 2 aromatic heterocycles. The van der Waals surface area contributed by atoms with Crippen LogP contribution >= 0.6 is 27.3 Å². The molecule has 0 aliphatic heterocycles. The lowest BCUT2D eigenvalue weighted by Gasteiger charge is -2.03. The fraction of sp³-hybridized carbons (Fsp3) is 0.273. The van der Waals surface area contributed by atoms with Gasteiger partial charge in [-0.3, -0.25) is 9.82 Å². The third kappa shape index (κ3) is 3.44. The molecule has 7 nitrogen and oxygen atoms in total. The lowest BCUT2D eigenvalue weighted by Crippen LogP contribution is -2.13. The molecule has 0 aliphatic rings. The number of thiophene rings is 1. The average Bonchev–Trinajstić information content (AvgIpc) is 3.04. The number of nitrogens with one attached hydrogen (secondary N) is 2. The van der Waals surface area contributed by atoms with Gasteiger partial charge in [0.15, 0.2) is 5.82 Å². The van der Waals surface area contributed by atoms with Crippen LogP contribution in [0.2, 0.25) is 0 Å². The summed E-state index contributed by atoms with van der Waals surface area (Å²) >= 11 is 4.13. The van der Waals surface area contributed by atoms with E-state index in [-0.39, 0.29) is 15.6 Å². The molecule has 0 aliphatic carbocycles. The smallest absolute Gasteiger partial charge is 0.348 e. The number of rotatable bonds is 5. The van der Waals surface area contributed by atoms with E-state index in [4.69, 9.17) is 0 Å². The van der Waals surface area contributed by atoms with E-state index in [1.54, 1.807) is 6.07 Å². The number of hydrogen-bond acceptors (Lipinski definition) is 6. The molecule has 0 aromatic carbocycles. The third-order valence-electron chi connectivity index (χ3n) is 2.58. The highest BCUT2D eigenvalue weighted by Crippen LogP contribution is 2.33. The van der Waals surface area contributed by atoms with E-state index in [1.807, 2.05) is 6.92 Å². The van der Waals surface area contributed by atoms with Gasteiger partial charge >= 0.3 is 5.97 Å². The number of aromatic amines is 1. The lowest BCUT2D eigenvalue weighted by molar-refractivity contribution is 0.0606. The molecule has 21 heavy (non-hydrogen) atoms. The number of methoxy groups -OCH3 is 1. The van der Waals surface area contributed by atoms with E-state index in [9.17, 15) is 13.2 Å². The Balaban J connectivity index is 2.31. The van der Waals surface area contributed by atoms with Gasteiger partial charge in [-0.2, -0.15) is 5.10 Å². The van der Waals surface area contributed by atoms with Crippen LogP contribution in [0.4, 0.5) is 5.82 Å². The molecule has 0 atom stereocenters. The van der Waals surface area contributed by atoms with Gasteiger partial charge in [0.1, 0.15) is 9.77 Å². The van der Waals surface area contributed by atoms with Gasteiger partial charge in [0.05, 0.1) is 10.9 Å². The molecule has 0 unspecified atom stereocenters. The van der Waals surface area contributed by atoms with Crippen molar-refractivity contribution in [2.45, 2.75) is 18.2 Å². The standard InChI is InChI=1S/C11H12BrN3O4S2/c1-3-6-4-9(14-13-6)15-21(17,18)8-5-7(11(16)19-2)20-10(8)12/h4-5H,3H2,1-2H3,(H2,13,14,15). The maximum Gasteiger partial charge on any atom is 0.348 e. The molecule has 0 radical (unpaired) electrons. The summed E-state index contributed by atoms with van der Waals surface area (Å²) in [6, 6.07) is 2.87. The molecule has 2 heterocycles. The highest BCUT2D eigenvalue weighted by Gasteiger charge is 2.24. The predicted molar refractivity (Wildman–Crippen MR) is 82.1 cm³/mol. The average molecular weight is 394 g/mol. The van der Waals surface area contributed by atoms with Crippen LogP contribution < -0.4 is 4.72 Å². The number of H-pyrrole nitrogens is 1. The molecule has 2 aromatic rings. The topological polar surface area (TPSA) is 101 Å². The first-order valence-corrected chi connectivity index (χ1v) is 8.91. The van der Waals surface area contributed by atoms with E-state index in [0.29, 0.717) is 10.2 Å². The molecule has 114 valence electrons. The van der Waals surface area contributed by atoms with Crippen LogP contribution in [0.1, 0.15) is 22.3 Å². The Morgan fingerprint density at radius 1 is 1.52 bits per heavy atom. The van der Waals surface area contributed by atoms with Crippen molar-refractivity contribution in [1.29, 1.82) is 0 Å². The van der Waals surface area contributed by atoms with Gasteiger partial charge in [0, 0.05) is 11.8 Å². The predicted octanol–water partition coefficient (Wildman–Crippen LogP) is 2.38. The number of halogens is 1. The van der Waals surface area contributed by atoms with Gasteiger partial charge in [0.25, 0.3) is 10.0 Å². The van der Waals surface area contributed by atoms with E-state index in [1.165, 1.54) is 13.2 Å². The van der Waals surface area contributed by atoms with Gasteiger partial charge in [-0.05, 0) is 28.4 Å². The second-order valence-electron chi connectivity index (χ2n) is 3.98. The summed E-state index contributed by atoms with van der Waals surface area (Å²) in [6.45, 7) is 1.92. The van der Waals surface area contributed by atoms with Crippen LogP contribution in [0.3, 0.4) is 0 Å². The highest BCUT2D eigenvalue weighted by atomic mass is 79.9. The Hall–Kier alpha value is -1.39. The number of anilines is 1. The van der Waals surface area contributed by atoms with Crippen molar-refractivity contribution in [3.8, 4) is 0 Å². The molecule has 2 rings (SSSR count). The first-order chi connectivity index (χ1) is 9.87. The van der Waals surface area contributed by atoms with Crippen molar-refractivity contribution in [3.05, 3.63) is 26.5 Å². The number of ether oxygens (including phenoxy) is 1. The molecular weight excluding hydrogens is 382 g/mol. The molecule has 0 bridgehead atoms. The maximum atomic E-state index is 12.3. The summed E-state index contributed by atoms with van der Waals surface area (Å²) in [6.07, 6.45) is 0.712. The zero-order valence-electron chi connectivity index (χ0n) is 11.1. The number of nitrogens with zero attached hydrogens (tertiary/aromatic N) is 1. The first kappa shape index (κ1) is 16.0. The molecule has 0 saturated heterocycles. The van der Waals surface area contributed by atoms with Gasteiger partial charge in [0.2, 0.25) is 0 Å². The highest BCUT2D eigenvalue weighted by molar-refractivity contribution is 9.11. The number of sulfonamides is 1. The normalized spacial score (nSPS) is 11.4. The van der Waals surface area contributed by atoms with E-state index < -0.39 is 16.0 Å². The van der Waals surface area contributed by atoms with Crippen molar-refractivity contribution in [1.82, 2.24) is 10.2 Å². The summed E-state index contributed by atoms with van der Waals surface area (Å²) in [7, 11) is -2.60. The maximum absolute atomic E-state index is 12.3. The Morgan fingerprint density at radius 3 is 2.81 bits per heavy atom. The zero-order valence-corrected chi connectivity index (χ0v) is 14.4. The van der Waals surface area contributed by atoms with Crippen molar-refractivity contribution >= 4 is 49.1 Å². The fourth-order valence-corrected chi connectivity index (χ4v) is 5.00. The summed E-state index contributed by atoms with van der Waals surface area (Å²) < 4.78 is 31.9. The SMILES string of the molecule is CCc1cc(NS(=O)(=O)c2cc(C(=O)OC)sc2Br)n[nH]1. The van der Waals surface area contributed by atoms with Gasteiger partial charge in [-0.1, -0.05) is 6.92 Å². The molecule has 0 fully saturated rings. The number of carbonyl (C=O) groups excluding carboxylic acids is 1. The van der Waals surface area contributed by atoms with Crippen LogP contribution in [0, 0.1) is 0 Å². The minimum absolute atomic E-state index is 0.0334. The fourth-order valence-electron chi connectivity index (χ4n) is 1.52. The van der Waals surface area contributed by atoms with E-state index in [0.717, 1.165) is 17.0 Å². The summed E-state index contributed by atoms with van der Waals surface area (Å²) in [5.74, 6) is -0.389. The largest absolute Gasteiger partial charge is 0.465 e. The van der Waals surface area contributed by atoms with E-state index >= 15 is 0 Å².